The van der Waals surface area contributed by atoms with Crippen molar-refractivity contribution in [3.05, 3.63) is 41.6 Å². The highest BCUT2D eigenvalue weighted by molar-refractivity contribution is 5.90. The Labute approximate surface area is 148 Å². The molecule has 1 aromatic heterocycles. The lowest BCUT2D eigenvalue weighted by molar-refractivity contribution is 0.0601. The molecule has 0 spiro atoms. The molecule has 0 radical (unpaired) electrons. The van der Waals surface area contributed by atoms with Gasteiger partial charge in [0.25, 0.3) is 0 Å². The third kappa shape index (κ3) is 4.47. The van der Waals surface area contributed by atoms with Gasteiger partial charge >= 0.3 is 5.97 Å². The number of ether oxygens (including phenoxy) is 1. The number of carbonyl (C=O) groups excluding carboxylic acids is 1. The van der Waals surface area contributed by atoms with Gasteiger partial charge in [0, 0.05) is 30.5 Å². The molecular weight excluding hydrogens is 316 g/mol. The van der Waals surface area contributed by atoms with Gasteiger partial charge in [-0.25, -0.2) is 9.78 Å². The Morgan fingerprint density at radius 3 is 2.60 bits per heavy atom. The molecule has 25 heavy (non-hydrogen) atoms. The van der Waals surface area contributed by atoms with Gasteiger partial charge in [-0.05, 0) is 38.0 Å². The molecule has 1 saturated heterocycles. The molecule has 3 rings (SSSR count). The summed E-state index contributed by atoms with van der Waals surface area (Å²) >= 11 is 0. The second-order valence-electron chi connectivity index (χ2n) is 6.29. The third-order valence-electron chi connectivity index (χ3n) is 4.29. The number of carbonyl (C=O) groups is 1. The van der Waals surface area contributed by atoms with Crippen LogP contribution in [0.2, 0.25) is 0 Å². The number of methoxy groups -OCH3 is 1. The van der Waals surface area contributed by atoms with Crippen LogP contribution in [0.4, 0.5) is 17.5 Å². The molecule has 2 aromatic rings. The smallest absolute Gasteiger partial charge is 0.337 e. The van der Waals surface area contributed by atoms with E-state index in [0.717, 1.165) is 36.2 Å². The Bertz CT molecular complexity index is 740. The van der Waals surface area contributed by atoms with Crippen molar-refractivity contribution < 1.29 is 9.53 Å². The van der Waals surface area contributed by atoms with Crippen LogP contribution >= 0.6 is 0 Å². The average molecular weight is 340 g/mol. The van der Waals surface area contributed by atoms with Gasteiger partial charge < -0.3 is 15.0 Å². The summed E-state index contributed by atoms with van der Waals surface area (Å²) in [6, 6.07) is 9.11. The highest BCUT2D eigenvalue weighted by Gasteiger charge is 2.14. The number of aromatic nitrogens is 2. The molecular formula is C19H24N4O2. The lowest BCUT2D eigenvalue weighted by Crippen LogP contribution is -2.26. The van der Waals surface area contributed by atoms with E-state index in [1.807, 2.05) is 25.1 Å². The van der Waals surface area contributed by atoms with E-state index in [9.17, 15) is 4.79 Å². The van der Waals surface area contributed by atoms with Crippen LogP contribution in [0.25, 0.3) is 0 Å². The molecule has 1 aromatic carbocycles. The zero-order valence-corrected chi connectivity index (χ0v) is 14.8. The number of benzene rings is 1. The summed E-state index contributed by atoms with van der Waals surface area (Å²) in [7, 11) is 1.38. The maximum absolute atomic E-state index is 11.7. The monoisotopic (exact) mass is 340 g/mol. The highest BCUT2D eigenvalue weighted by atomic mass is 16.5. The second kappa shape index (κ2) is 7.96. The number of nitrogens with one attached hydrogen (secondary N) is 1. The van der Waals surface area contributed by atoms with Gasteiger partial charge in [0.15, 0.2) is 0 Å². The maximum Gasteiger partial charge on any atom is 0.337 e. The number of anilines is 3. The molecule has 1 fully saturated rings. The average Bonchev–Trinajstić information content (AvgIpc) is 2.90. The van der Waals surface area contributed by atoms with Crippen molar-refractivity contribution in [3.8, 4) is 0 Å². The van der Waals surface area contributed by atoms with Crippen LogP contribution < -0.4 is 10.2 Å². The fourth-order valence-corrected chi connectivity index (χ4v) is 3.02. The predicted octanol–water partition coefficient (Wildman–Crippen LogP) is 3.70. The standard InChI is InChI=1S/C19H24N4O2/c1-14-12-17(21-16-9-7-8-15(13-16)18(24)25-2)22-19(20-14)23-10-5-3-4-6-11-23/h7-9,12-13H,3-6,10-11H2,1-2H3,(H,20,21,22). The molecule has 1 N–H and O–H groups in total. The second-order valence-corrected chi connectivity index (χ2v) is 6.29. The summed E-state index contributed by atoms with van der Waals surface area (Å²) in [6.45, 7) is 3.97. The van der Waals surface area contributed by atoms with Gasteiger partial charge in [0.05, 0.1) is 12.7 Å². The van der Waals surface area contributed by atoms with Crippen molar-refractivity contribution in [3.63, 3.8) is 0 Å². The van der Waals surface area contributed by atoms with E-state index >= 15 is 0 Å². The summed E-state index contributed by atoms with van der Waals surface area (Å²) in [6.07, 6.45) is 4.91. The molecule has 0 aliphatic carbocycles. The van der Waals surface area contributed by atoms with Gasteiger partial charge in [-0.3, -0.25) is 0 Å². The third-order valence-corrected chi connectivity index (χ3v) is 4.29. The minimum Gasteiger partial charge on any atom is -0.465 e. The Morgan fingerprint density at radius 1 is 1.12 bits per heavy atom. The molecule has 0 atom stereocenters. The summed E-state index contributed by atoms with van der Waals surface area (Å²) < 4.78 is 4.77. The lowest BCUT2D eigenvalue weighted by Gasteiger charge is -2.21. The first-order chi connectivity index (χ1) is 12.2. The quantitative estimate of drug-likeness (QED) is 0.856. The molecule has 6 heteroatoms. The first-order valence-electron chi connectivity index (χ1n) is 8.72. The van der Waals surface area contributed by atoms with E-state index in [-0.39, 0.29) is 5.97 Å². The summed E-state index contributed by atoms with van der Waals surface area (Å²) in [5.74, 6) is 1.15. The number of nitrogens with zero attached hydrogens (tertiary/aromatic N) is 3. The largest absolute Gasteiger partial charge is 0.465 e. The SMILES string of the molecule is COC(=O)c1cccc(Nc2cc(C)nc(N3CCCCCC3)n2)c1. The Morgan fingerprint density at radius 2 is 1.88 bits per heavy atom. The van der Waals surface area contributed by atoms with Gasteiger partial charge in [0.1, 0.15) is 5.82 Å². The van der Waals surface area contributed by atoms with E-state index in [1.165, 1.54) is 32.8 Å². The van der Waals surface area contributed by atoms with Crippen LogP contribution in [0, 0.1) is 6.92 Å². The van der Waals surface area contributed by atoms with Crippen LogP contribution in [0.15, 0.2) is 30.3 Å². The Hall–Kier alpha value is -2.63. The van der Waals surface area contributed by atoms with E-state index in [0.29, 0.717) is 5.56 Å². The molecule has 6 nitrogen and oxygen atoms in total. The zero-order valence-electron chi connectivity index (χ0n) is 14.8. The van der Waals surface area contributed by atoms with Crippen LogP contribution in [-0.2, 0) is 4.74 Å². The maximum atomic E-state index is 11.7. The normalized spacial score (nSPS) is 14.7. The molecule has 2 heterocycles. The first-order valence-corrected chi connectivity index (χ1v) is 8.72. The first kappa shape index (κ1) is 17.2. The highest BCUT2D eigenvalue weighted by Crippen LogP contribution is 2.21. The van der Waals surface area contributed by atoms with Crippen molar-refractivity contribution >= 4 is 23.4 Å². The summed E-state index contributed by atoms with van der Waals surface area (Å²) in [5.41, 5.74) is 2.22. The fourth-order valence-electron chi connectivity index (χ4n) is 3.02. The summed E-state index contributed by atoms with van der Waals surface area (Å²) in [4.78, 5) is 23.2. The Balaban J connectivity index is 1.82. The van der Waals surface area contributed by atoms with Crippen LogP contribution in [0.3, 0.4) is 0 Å². The zero-order chi connectivity index (χ0) is 17.6. The molecule has 0 unspecified atom stereocenters. The number of hydrogen-bond acceptors (Lipinski definition) is 6. The number of esters is 1. The predicted molar refractivity (Wildman–Crippen MR) is 98.5 cm³/mol. The molecule has 1 aliphatic heterocycles. The van der Waals surface area contributed by atoms with Crippen molar-refractivity contribution in [2.24, 2.45) is 0 Å². The number of aryl methyl sites for hydroxylation is 1. The van der Waals surface area contributed by atoms with E-state index in [4.69, 9.17) is 4.74 Å². The molecule has 132 valence electrons. The van der Waals surface area contributed by atoms with Gasteiger partial charge in [0.2, 0.25) is 5.95 Å². The van der Waals surface area contributed by atoms with E-state index < -0.39 is 0 Å². The van der Waals surface area contributed by atoms with Crippen LogP contribution in [-0.4, -0.2) is 36.1 Å². The van der Waals surface area contributed by atoms with Gasteiger partial charge in [-0.1, -0.05) is 18.9 Å². The molecule has 0 bridgehead atoms. The lowest BCUT2D eigenvalue weighted by atomic mass is 10.2. The van der Waals surface area contributed by atoms with Gasteiger partial charge in [-0.2, -0.15) is 4.98 Å². The van der Waals surface area contributed by atoms with E-state index in [1.54, 1.807) is 12.1 Å². The Kier molecular flexibility index (Phi) is 5.48. The number of hydrogen-bond donors (Lipinski definition) is 1. The van der Waals surface area contributed by atoms with Gasteiger partial charge in [-0.15, -0.1) is 0 Å². The van der Waals surface area contributed by atoms with Crippen LogP contribution in [0.1, 0.15) is 41.7 Å². The minimum atomic E-state index is -0.354. The van der Waals surface area contributed by atoms with E-state index in [2.05, 4.69) is 20.2 Å². The van der Waals surface area contributed by atoms with Crippen molar-refractivity contribution in [1.82, 2.24) is 9.97 Å². The molecule has 0 amide bonds. The van der Waals surface area contributed by atoms with Crippen molar-refractivity contribution in [2.45, 2.75) is 32.6 Å². The molecule has 0 saturated carbocycles. The van der Waals surface area contributed by atoms with Crippen LogP contribution in [0.5, 0.6) is 0 Å². The van der Waals surface area contributed by atoms with Crippen molar-refractivity contribution in [1.29, 1.82) is 0 Å². The van der Waals surface area contributed by atoms with Crippen molar-refractivity contribution in [2.75, 3.05) is 30.4 Å². The number of rotatable bonds is 4. The molecule has 1 aliphatic rings. The minimum absolute atomic E-state index is 0.354. The summed E-state index contributed by atoms with van der Waals surface area (Å²) in [5, 5.41) is 3.27. The topological polar surface area (TPSA) is 67.3 Å². The fraction of sp³-hybridized carbons (Fsp3) is 0.421.